The first-order valence-electron chi connectivity index (χ1n) is 3.48. The first kappa shape index (κ1) is 9.26. The van der Waals surface area contributed by atoms with Gasteiger partial charge in [-0.15, -0.1) is 11.8 Å². The van der Waals surface area contributed by atoms with Gasteiger partial charge in [0.1, 0.15) is 12.1 Å². The normalized spacial score (nSPS) is 9.92. The molecule has 0 saturated heterocycles. The largest absolute Gasteiger partial charge is 0.298 e. The van der Waals surface area contributed by atoms with Gasteiger partial charge in [0.05, 0.1) is 0 Å². The number of aldehydes is 1. The van der Waals surface area contributed by atoms with Crippen molar-refractivity contribution in [3.8, 4) is 0 Å². The van der Waals surface area contributed by atoms with Crippen LogP contribution in [-0.4, -0.2) is 12.5 Å². The summed E-state index contributed by atoms with van der Waals surface area (Å²) in [4.78, 5) is 11.3. The Morgan fingerprint density at radius 3 is 2.67 bits per heavy atom. The van der Waals surface area contributed by atoms with E-state index < -0.39 is 0 Å². The predicted molar refractivity (Wildman–Crippen MR) is 48.3 cm³/mol. The van der Waals surface area contributed by atoms with E-state index in [1.54, 1.807) is 0 Å². The monoisotopic (exact) mass is 184 g/mol. The van der Waals surface area contributed by atoms with E-state index in [9.17, 15) is 9.18 Å². The Kier molecular flexibility index (Phi) is 2.87. The summed E-state index contributed by atoms with van der Waals surface area (Å²) in [6, 6.07) is 2.69. The number of hydrogen-bond donors (Lipinski definition) is 0. The van der Waals surface area contributed by atoms with Gasteiger partial charge < -0.3 is 0 Å². The molecule has 0 aliphatic carbocycles. The van der Waals surface area contributed by atoms with E-state index in [1.165, 1.54) is 23.9 Å². The van der Waals surface area contributed by atoms with Gasteiger partial charge in [-0.2, -0.15) is 0 Å². The third-order valence-electron chi connectivity index (χ3n) is 1.71. The quantitative estimate of drug-likeness (QED) is 0.519. The highest BCUT2D eigenvalue weighted by atomic mass is 32.2. The molecule has 1 aromatic carbocycles. The molecule has 0 saturated carbocycles. The summed E-state index contributed by atoms with van der Waals surface area (Å²) in [7, 11) is 0. The van der Waals surface area contributed by atoms with E-state index in [0.29, 0.717) is 11.8 Å². The van der Waals surface area contributed by atoms with E-state index >= 15 is 0 Å². The van der Waals surface area contributed by atoms with Gasteiger partial charge in [0.25, 0.3) is 0 Å². The molecule has 0 N–H and O–H groups in total. The second-order valence-corrected chi connectivity index (χ2v) is 3.29. The predicted octanol–water partition coefficient (Wildman–Crippen LogP) is 2.67. The summed E-state index contributed by atoms with van der Waals surface area (Å²) in [5, 5.41) is 0. The molecule has 0 amide bonds. The maximum atomic E-state index is 12.8. The number of rotatable bonds is 2. The summed E-state index contributed by atoms with van der Waals surface area (Å²) in [5.74, 6) is -0.355. The maximum absolute atomic E-state index is 12.8. The highest BCUT2D eigenvalue weighted by Gasteiger charge is 2.05. The van der Waals surface area contributed by atoms with Crippen molar-refractivity contribution in [3.05, 3.63) is 29.1 Å². The van der Waals surface area contributed by atoms with Crippen LogP contribution in [0.2, 0.25) is 0 Å². The molecule has 0 aromatic heterocycles. The first-order chi connectivity index (χ1) is 5.69. The molecule has 64 valence electrons. The Morgan fingerprint density at radius 1 is 1.50 bits per heavy atom. The number of carbonyl (C=O) groups is 1. The van der Waals surface area contributed by atoms with E-state index in [0.717, 1.165) is 10.5 Å². The van der Waals surface area contributed by atoms with Crippen molar-refractivity contribution < 1.29 is 9.18 Å². The van der Waals surface area contributed by atoms with E-state index in [4.69, 9.17) is 0 Å². The second kappa shape index (κ2) is 3.72. The minimum absolute atomic E-state index is 0.355. The molecule has 0 heterocycles. The van der Waals surface area contributed by atoms with Crippen LogP contribution in [0.3, 0.4) is 0 Å². The van der Waals surface area contributed by atoms with Gasteiger partial charge in [0, 0.05) is 10.5 Å². The number of carbonyl (C=O) groups excluding carboxylic acids is 1. The van der Waals surface area contributed by atoms with Crippen molar-refractivity contribution in [2.45, 2.75) is 11.8 Å². The van der Waals surface area contributed by atoms with Crippen LogP contribution in [0, 0.1) is 12.7 Å². The SMILES string of the molecule is CSc1cc(F)cc(C=O)c1C. The zero-order valence-corrected chi connectivity index (χ0v) is 7.74. The molecule has 0 atom stereocenters. The fourth-order valence-corrected chi connectivity index (χ4v) is 1.66. The Labute approximate surface area is 75.0 Å². The van der Waals surface area contributed by atoms with Crippen LogP contribution < -0.4 is 0 Å². The fourth-order valence-electron chi connectivity index (χ4n) is 1.01. The van der Waals surface area contributed by atoms with Crippen LogP contribution in [0.1, 0.15) is 15.9 Å². The lowest BCUT2D eigenvalue weighted by Gasteiger charge is -2.04. The minimum Gasteiger partial charge on any atom is -0.298 e. The maximum Gasteiger partial charge on any atom is 0.150 e. The van der Waals surface area contributed by atoms with Crippen molar-refractivity contribution in [2.75, 3.05) is 6.26 Å². The van der Waals surface area contributed by atoms with Crippen LogP contribution in [0.25, 0.3) is 0 Å². The lowest BCUT2D eigenvalue weighted by atomic mass is 10.1. The average Bonchev–Trinajstić information content (AvgIpc) is 2.08. The number of halogens is 1. The van der Waals surface area contributed by atoms with Gasteiger partial charge in [-0.3, -0.25) is 4.79 Å². The van der Waals surface area contributed by atoms with Crippen LogP contribution in [0.15, 0.2) is 17.0 Å². The fraction of sp³-hybridized carbons (Fsp3) is 0.222. The van der Waals surface area contributed by atoms with Crippen LogP contribution >= 0.6 is 11.8 Å². The Morgan fingerprint density at radius 2 is 2.17 bits per heavy atom. The molecule has 3 heteroatoms. The molecular weight excluding hydrogens is 175 g/mol. The Bertz CT molecular complexity index is 310. The number of thioether (sulfide) groups is 1. The van der Waals surface area contributed by atoms with Crippen molar-refractivity contribution in [2.24, 2.45) is 0 Å². The highest BCUT2D eigenvalue weighted by Crippen LogP contribution is 2.23. The molecule has 1 rings (SSSR count). The van der Waals surface area contributed by atoms with Gasteiger partial charge in [-0.25, -0.2) is 4.39 Å². The molecule has 0 spiro atoms. The number of benzene rings is 1. The van der Waals surface area contributed by atoms with Crippen molar-refractivity contribution >= 4 is 18.0 Å². The van der Waals surface area contributed by atoms with Crippen molar-refractivity contribution in [1.82, 2.24) is 0 Å². The van der Waals surface area contributed by atoms with Gasteiger partial charge in [0.2, 0.25) is 0 Å². The molecule has 0 radical (unpaired) electrons. The van der Waals surface area contributed by atoms with Gasteiger partial charge in [-0.05, 0) is 30.9 Å². The van der Waals surface area contributed by atoms with Gasteiger partial charge in [0.15, 0.2) is 0 Å². The van der Waals surface area contributed by atoms with Gasteiger partial charge >= 0.3 is 0 Å². The standard InChI is InChI=1S/C9H9FOS/c1-6-7(5-11)3-8(10)4-9(6)12-2/h3-5H,1-2H3. The summed E-state index contributed by atoms with van der Waals surface area (Å²) in [6.07, 6.45) is 2.54. The zero-order chi connectivity index (χ0) is 9.14. The second-order valence-electron chi connectivity index (χ2n) is 2.44. The molecule has 0 unspecified atom stereocenters. The van der Waals surface area contributed by atoms with Gasteiger partial charge in [-0.1, -0.05) is 0 Å². The molecule has 1 nitrogen and oxygen atoms in total. The third kappa shape index (κ3) is 1.67. The van der Waals surface area contributed by atoms with Crippen LogP contribution in [-0.2, 0) is 0 Å². The van der Waals surface area contributed by atoms with Crippen molar-refractivity contribution in [1.29, 1.82) is 0 Å². The van der Waals surface area contributed by atoms with E-state index in [2.05, 4.69) is 0 Å². The smallest absolute Gasteiger partial charge is 0.150 e. The molecular formula is C9H9FOS. The van der Waals surface area contributed by atoms with Crippen molar-refractivity contribution in [3.63, 3.8) is 0 Å². The number of hydrogen-bond acceptors (Lipinski definition) is 2. The molecule has 12 heavy (non-hydrogen) atoms. The van der Waals surface area contributed by atoms with Crippen LogP contribution in [0.5, 0.6) is 0 Å². The molecule has 0 aliphatic rings. The lowest BCUT2D eigenvalue weighted by Crippen LogP contribution is -1.91. The molecule has 0 aliphatic heterocycles. The summed E-state index contributed by atoms with van der Waals surface area (Å²) >= 11 is 1.44. The van der Waals surface area contributed by atoms with E-state index in [-0.39, 0.29) is 5.82 Å². The molecule has 0 bridgehead atoms. The average molecular weight is 184 g/mol. The first-order valence-corrected chi connectivity index (χ1v) is 4.71. The lowest BCUT2D eigenvalue weighted by molar-refractivity contribution is 0.112. The topological polar surface area (TPSA) is 17.1 Å². The highest BCUT2D eigenvalue weighted by molar-refractivity contribution is 7.98. The minimum atomic E-state index is -0.355. The Balaban J connectivity index is 3.31. The van der Waals surface area contributed by atoms with E-state index in [1.807, 2.05) is 13.2 Å². The summed E-state index contributed by atoms with van der Waals surface area (Å²) < 4.78 is 12.8. The Hall–Kier alpha value is -0.830. The summed E-state index contributed by atoms with van der Waals surface area (Å²) in [5.41, 5.74) is 1.28. The van der Waals surface area contributed by atoms with Crippen LogP contribution in [0.4, 0.5) is 4.39 Å². The molecule has 0 fully saturated rings. The summed E-state index contributed by atoms with van der Waals surface area (Å²) in [6.45, 7) is 1.81. The third-order valence-corrected chi connectivity index (χ3v) is 2.58. The molecule has 1 aromatic rings. The zero-order valence-electron chi connectivity index (χ0n) is 6.93.